The maximum atomic E-state index is 13.4. The van der Waals surface area contributed by atoms with Gasteiger partial charge in [-0.1, -0.05) is 66.7 Å². The lowest BCUT2D eigenvalue weighted by atomic mass is 10.2. The van der Waals surface area contributed by atoms with E-state index in [-0.39, 0.29) is 6.61 Å². The Kier molecular flexibility index (Phi) is 8.49. The van der Waals surface area contributed by atoms with Crippen molar-refractivity contribution >= 4 is 19.6 Å². The van der Waals surface area contributed by atoms with Crippen LogP contribution in [0, 0.1) is 0 Å². The average molecular weight is 468 g/mol. The number of benzene rings is 3. The predicted molar refractivity (Wildman–Crippen MR) is 124 cm³/mol. The number of ether oxygens (including phenoxy) is 1. The summed E-state index contributed by atoms with van der Waals surface area (Å²) < 4.78 is 29.7. The summed E-state index contributed by atoms with van der Waals surface area (Å²) in [6.45, 7) is 1.56. The molecule has 3 rings (SSSR count). The molecule has 2 amide bonds. The number of amides is 2. The van der Waals surface area contributed by atoms with Gasteiger partial charge in [-0.05, 0) is 36.8 Å². The Balaban J connectivity index is 1.56. The minimum atomic E-state index is -3.82. The molecule has 0 radical (unpaired) electrons. The fourth-order valence-corrected chi connectivity index (χ4v) is 4.10. The van der Waals surface area contributed by atoms with E-state index in [9.17, 15) is 14.2 Å². The van der Waals surface area contributed by atoms with Gasteiger partial charge in [0, 0.05) is 0 Å². The van der Waals surface area contributed by atoms with Gasteiger partial charge in [-0.25, -0.2) is 9.36 Å². The lowest BCUT2D eigenvalue weighted by Gasteiger charge is -2.21. The summed E-state index contributed by atoms with van der Waals surface area (Å²) in [7, 11) is -3.82. The first kappa shape index (κ1) is 23.9. The molecule has 0 aliphatic carbocycles. The van der Waals surface area contributed by atoms with Crippen LogP contribution < -0.4 is 19.7 Å². The van der Waals surface area contributed by atoms with Gasteiger partial charge in [-0.15, -0.1) is 0 Å². The maximum Gasteiger partial charge on any atom is 0.449 e. The minimum Gasteiger partial charge on any atom is -0.445 e. The monoisotopic (exact) mass is 468 g/mol. The zero-order valence-corrected chi connectivity index (χ0v) is 18.9. The summed E-state index contributed by atoms with van der Waals surface area (Å²) in [5, 5.41) is 4.96. The van der Waals surface area contributed by atoms with Crippen molar-refractivity contribution in [3.8, 4) is 11.5 Å². The smallest absolute Gasteiger partial charge is 0.445 e. The van der Waals surface area contributed by atoms with Crippen LogP contribution in [0.1, 0.15) is 12.5 Å². The molecule has 8 nitrogen and oxygen atoms in total. The van der Waals surface area contributed by atoms with Crippen molar-refractivity contribution in [1.82, 2.24) is 10.6 Å². The zero-order chi connectivity index (χ0) is 23.5. The molecule has 0 aliphatic heterocycles. The molecule has 33 heavy (non-hydrogen) atoms. The molecule has 0 saturated heterocycles. The summed E-state index contributed by atoms with van der Waals surface area (Å²) in [6.07, 6.45) is -1.15. The average Bonchev–Trinajstić information content (AvgIpc) is 2.83. The van der Waals surface area contributed by atoms with Gasteiger partial charge >= 0.3 is 13.7 Å². The number of carbonyl (C=O) groups is 2. The molecule has 0 spiro atoms. The predicted octanol–water partition coefficient (Wildman–Crippen LogP) is 4.73. The molecule has 9 heteroatoms. The van der Waals surface area contributed by atoms with Crippen LogP contribution in [0.2, 0.25) is 0 Å². The molecule has 3 aromatic rings. The number of hydrogen-bond acceptors (Lipinski definition) is 6. The Morgan fingerprint density at radius 1 is 0.818 bits per heavy atom. The first-order chi connectivity index (χ1) is 15.9. The Morgan fingerprint density at radius 3 is 1.82 bits per heavy atom. The fourth-order valence-electron chi connectivity index (χ4n) is 2.70. The maximum absolute atomic E-state index is 13.4. The van der Waals surface area contributed by atoms with Gasteiger partial charge < -0.3 is 24.4 Å². The van der Waals surface area contributed by atoms with Crippen molar-refractivity contribution in [1.29, 1.82) is 0 Å². The Labute approximate surface area is 192 Å². The standard InChI is InChI=1S/C24H25N2O6P/c1-19(26-24(28)30-17-20-11-5-2-6-12-20)23(27)25-18-33(29,31-21-13-7-3-8-14-21)32-22-15-9-4-10-16-22/h2-16,19H,17-18H2,1H3,(H,25,27)(H,26,28)/t19-/m0/s1. The summed E-state index contributed by atoms with van der Waals surface area (Å²) in [5.74, 6) is 0.101. The van der Waals surface area contributed by atoms with Crippen LogP contribution in [0.25, 0.3) is 0 Å². The molecule has 2 N–H and O–H groups in total. The van der Waals surface area contributed by atoms with E-state index in [1.165, 1.54) is 6.92 Å². The summed E-state index contributed by atoms with van der Waals surface area (Å²) in [4.78, 5) is 24.5. The Morgan fingerprint density at radius 2 is 1.30 bits per heavy atom. The number of alkyl carbamates (subject to hydrolysis) is 1. The summed E-state index contributed by atoms with van der Waals surface area (Å²) in [6, 6.07) is 25.3. The fraction of sp³-hybridized carbons (Fsp3) is 0.167. The largest absolute Gasteiger partial charge is 0.449 e. The SMILES string of the molecule is C[C@H](NC(=O)OCc1ccccc1)C(=O)NCP(=O)(Oc1ccccc1)Oc1ccccc1. The van der Waals surface area contributed by atoms with Crippen LogP contribution in [0.15, 0.2) is 91.0 Å². The third kappa shape index (κ3) is 8.01. The van der Waals surface area contributed by atoms with Crippen LogP contribution in [0.3, 0.4) is 0 Å². The van der Waals surface area contributed by atoms with Crippen LogP contribution in [-0.2, 0) is 20.7 Å². The van der Waals surface area contributed by atoms with E-state index >= 15 is 0 Å². The lowest BCUT2D eigenvalue weighted by molar-refractivity contribution is -0.122. The normalized spacial score (nSPS) is 11.7. The lowest BCUT2D eigenvalue weighted by Crippen LogP contribution is -2.45. The van der Waals surface area contributed by atoms with E-state index in [1.807, 2.05) is 30.3 Å². The van der Waals surface area contributed by atoms with E-state index < -0.39 is 31.9 Å². The number of rotatable bonds is 10. The van der Waals surface area contributed by atoms with Gasteiger partial charge in [0.2, 0.25) is 5.91 Å². The van der Waals surface area contributed by atoms with Gasteiger partial charge in [0.25, 0.3) is 0 Å². The summed E-state index contributed by atoms with van der Waals surface area (Å²) >= 11 is 0. The van der Waals surface area contributed by atoms with Crippen molar-refractivity contribution in [3.05, 3.63) is 96.6 Å². The van der Waals surface area contributed by atoms with Gasteiger partial charge in [-0.3, -0.25) is 4.79 Å². The zero-order valence-electron chi connectivity index (χ0n) is 18.0. The molecular weight excluding hydrogens is 443 g/mol. The third-order valence-electron chi connectivity index (χ3n) is 4.36. The van der Waals surface area contributed by atoms with Crippen molar-refractivity contribution in [2.45, 2.75) is 19.6 Å². The second kappa shape index (κ2) is 11.7. The number of para-hydroxylation sites is 2. The second-order valence-electron chi connectivity index (χ2n) is 7.05. The Hall–Kier alpha value is -3.77. The number of carbonyl (C=O) groups excluding carboxylic acids is 2. The molecule has 0 aliphatic rings. The molecule has 172 valence electrons. The van der Waals surface area contributed by atoms with E-state index in [1.54, 1.807) is 60.7 Å². The van der Waals surface area contributed by atoms with Gasteiger partial charge in [0.15, 0.2) is 0 Å². The van der Waals surface area contributed by atoms with Crippen molar-refractivity contribution in [3.63, 3.8) is 0 Å². The summed E-state index contributed by atoms with van der Waals surface area (Å²) in [5.41, 5.74) is 0.821. The molecule has 3 aromatic carbocycles. The molecular formula is C24H25N2O6P. The highest BCUT2D eigenvalue weighted by Gasteiger charge is 2.30. The highest BCUT2D eigenvalue weighted by molar-refractivity contribution is 7.54. The van der Waals surface area contributed by atoms with Crippen LogP contribution in [-0.4, -0.2) is 24.3 Å². The van der Waals surface area contributed by atoms with E-state index in [0.717, 1.165) is 5.56 Å². The highest BCUT2D eigenvalue weighted by atomic mass is 31.2. The number of nitrogens with one attached hydrogen (secondary N) is 2. The van der Waals surface area contributed by atoms with Crippen LogP contribution in [0.5, 0.6) is 11.5 Å². The van der Waals surface area contributed by atoms with E-state index in [4.69, 9.17) is 13.8 Å². The minimum absolute atomic E-state index is 0.0754. The van der Waals surface area contributed by atoms with Crippen LogP contribution >= 0.6 is 7.60 Å². The van der Waals surface area contributed by atoms with Crippen molar-refractivity contribution in [2.75, 3.05) is 6.29 Å². The molecule has 0 unspecified atom stereocenters. The van der Waals surface area contributed by atoms with Crippen molar-refractivity contribution in [2.24, 2.45) is 0 Å². The topological polar surface area (TPSA) is 103 Å². The number of hydrogen-bond donors (Lipinski definition) is 2. The van der Waals surface area contributed by atoms with Gasteiger partial charge in [-0.2, -0.15) is 0 Å². The van der Waals surface area contributed by atoms with E-state index in [2.05, 4.69) is 10.6 Å². The molecule has 0 fully saturated rings. The highest BCUT2D eigenvalue weighted by Crippen LogP contribution is 2.47. The van der Waals surface area contributed by atoms with Gasteiger partial charge in [0.05, 0.1) is 0 Å². The molecule has 1 atom stereocenters. The molecule has 0 bridgehead atoms. The third-order valence-corrected chi connectivity index (χ3v) is 5.89. The molecule has 0 saturated carbocycles. The van der Waals surface area contributed by atoms with E-state index in [0.29, 0.717) is 11.5 Å². The van der Waals surface area contributed by atoms with Crippen LogP contribution in [0.4, 0.5) is 4.79 Å². The van der Waals surface area contributed by atoms with Gasteiger partial charge in [0.1, 0.15) is 30.4 Å². The molecule has 0 aromatic heterocycles. The molecule has 0 heterocycles. The quantitative estimate of drug-likeness (QED) is 0.417. The first-order valence-electron chi connectivity index (χ1n) is 10.3. The second-order valence-corrected chi connectivity index (χ2v) is 8.95. The van der Waals surface area contributed by atoms with Crippen molar-refractivity contribution < 1.29 is 27.9 Å². The first-order valence-corrected chi connectivity index (χ1v) is 12.0. The Bertz CT molecular complexity index is 1030.